The fraction of sp³-hybridized carbons (Fsp3) is 0.435. The number of ether oxygens (including phenoxy) is 1. The molecule has 1 aliphatic heterocycles. The van der Waals surface area contributed by atoms with E-state index in [1.54, 1.807) is 0 Å². The van der Waals surface area contributed by atoms with E-state index in [1.165, 1.54) is 0 Å². The molecule has 2 atom stereocenters. The Kier molecular flexibility index (Phi) is 5.79. The average Bonchev–Trinajstić information content (AvgIpc) is 3.34. The van der Waals surface area contributed by atoms with E-state index in [9.17, 15) is 9.59 Å². The van der Waals surface area contributed by atoms with E-state index in [4.69, 9.17) is 9.26 Å². The zero-order valence-electron chi connectivity index (χ0n) is 16.7. The van der Waals surface area contributed by atoms with Crippen LogP contribution in [0.25, 0.3) is 11.3 Å². The molecule has 1 aromatic heterocycles. The molecule has 1 aromatic carbocycles. The van der Waals surface area contributed by atoms with Crippen molar-refractivity contribution in [3.8, 4) is 11.3 Å². The third-order valence-corrected chi connectivity index (χ3v) is 5.71. The number of hydrogen-bond acceptors (Lipinski definition) is 5. The van der Waals surface area contributed by atoms with Crippen LogP contribution < -0.4 is 0 Å². The topological polar surface area (TPSA) is 72.6 Å². The van der Waals surface area contributed by atoms with Crippen molar-refractivity contribution in [1.82, 2.24) is 10.1 Å². The quantitative estimate of drug-likeness (QED) is 0.546. The van der Waals surface area contributed by atoms with Gasteiger partial charge in [0.2, 0.25) is 0 Å². The fourth-order valence-corrected chi connectivity index (χ4v) is 4.06. The number of esters is 1. The highest BCUT2D eigenvalue weighted by Gasteiger charge is 2.35. The molecule has 0 bridgehead atoms. The van der Waals surface area contributed by atoms with Crippen molar-refractivity contribution >= 4 is 11.9 Å². The van der Waals surface area contributed by atoms with Gasteiger partial charge in [-0.15, -0.1) is 0 Å². The Bertz CT molecular complexity index is 903. The highest BCUT2D eigenvalue weighted by molar-refractivity contribution is 5.86. The summed E-state index contributed by atoms with van der Waals surface area (Å²) in [5.74, 6) is 0.690. The first-order chi connectivity index (χ1) is 14.1. The van der Waals surface area contributed by atoms with Gasteiger partial charge in [-0.05, 0) is 32.1 Å². The molecule has 0 unspecified atom stereocenters. The van der Waals surface area contributed by atoms with Crippen LogP contribution in [0, 0.1) is 12.8 Å². The Hall–Kier alpha value is -2.89. The van der Waals surface area contributed by atoms with Crippen LogP contribution in [0.2, 0.25) is 0 Å². The zero-order valence-corrected chi connectivity index (χ0v) is 16.7. The van der Waals surface area contributed by atoms with Gasteiger partial charge >= 0.3 is 5.97 Å². The molecule has 1 fully saturated rings. The van der Waals surface area contributed by atoms with Gasteiger partial charge < -0.3 is 14.2 Å². The molecule has 2 aliphatic rings. The van der Waals surface area contributed by atoms with Gasteiger partial charge in [-0.3, -0.25) is 9.59 Å². The predicted molar refractivity (Wildman–Crippen MR) is 108 cm³/mol. The van der Waals surface area contributed by atoms with Crippen molar-refractivity contribution in [3.63, 3.8) is 0 Å². The lowest BCUT2D eigenvalue weighted by Crippen LogP contribution is -2.41. The molecule has 1 amide bonds. The average molecular weight is 394 g/mol. The van der Waals surface area contributed by atoms with Crippen LogP contribution in [0.4, 0.5) is 0 Å². The van der Waals surface area contributed by atoms with E-state index in [0.29, 0.717) is 37.6 Å². The van der Waals surface area contributed by atoms with Crippen molar-refractivity contribution in [2.45, 2.75) is 51.7 Å². The maximum atomic E-state index is 13.2. The summed E-state index contributed by atoms with van der Waals surface area (Å²) in [5, 5.41) is 4.25. The summed E-state index contributed by atoms with van der Waals surface area (Å²) in [6, 6.07) is 9.84. The van der Waals surface area contributed by atoms with E-state index in [0.717, 1.165) is 36.1 Å². The Balaban J connectivity index is 1.60. The summed E-state index contributed by atoms with van der Waals surface area (Å²) >= 11 is 0. The summed E-state index contributed by atoms with van der Waals surface area (Å²) in [4.78, 5) is 26.6. The molecule has 1 saturated heterocycles. The van der Waals surface area contributed by atoms with Crippen LogP contribution >= 0.6 is 0 Å². The van der Waals surface area contributed by atoms with E-state index >= 15 is 0 Å². The highest BCUT2D eigenvalue weighted by Crippen LogP contribution is 2.29. The van der Waals surface area contributed by atoms with Crippen molar-refractivity contribution in [3.05, 3.63) is 53.8 Å². The second kappa shape index (κ2) is 8.64. The standard InChI is InChI=1S/C23H26N2O4/c1-16-19(22(24-29-16)18-10-6-3-7-11-18)15-25(14-17-8-4-2-5-9-17)23(27)20-12-13-21(26)28-20/h2-4,6-7,10-11,17,20H,5,8-9,12-15H2,1H3/t17-,20+/m1/s1. The van der Waals surface area contributed by atoms with Crippen molar-refractivity contribution in [2.24, 2.45) is 5.92 Å². The number of rotatable bonds is 6. The van der Waals surface area contributed by atoms with E-state index < -0.39 is 6.10 Å². The van der Waals surface area contributed by atoms with Gasteiger partial charge in [0.15, 0.2) is 6.10 Å². The maximum Gasteiger partial charge on any atom is 0.306 e. The number of cyclic esters (lactones) is 1. The molecular weight excluding hydrogens is 368 g/mol. The second-order valence-electron chi connectivity index (χ2n) is 7.82. The number of carbonyl (C=O) groups excluding carboxylic acids is 2. The van der Waals surface area contributed by atoms with E-state index in [-0.39, 0.29) is 11.9 Å². The second-order valence-corrected chi connectivity index (χ2v) is 7.82. The van der Waals surface area contributed by atoms with Gasteiger partial charge in [-0.25, -0.2) is 0 Å². The maximum absolute atomic E-state index is 13.2. The number of nitrogens with zero attached hydrogens (tertiary/aromatic N) is 2. The number of allylic oxidation sites excluding steroid dienone is 2. The SMILES string of the molecule is Cc1onc(-c2ccccc2)c1CN(C[C@@H]1CC=CCC1)C(=O)[C@@H]1CCC(=O)O1. The van der Waals surface area contributed by atoms with Crippen molar-refractivity contribution in [1.29, 1.82) is 0 Å². The molecule has 0 N–H and O–H groups in total. The summed E-state index contributed by atoms with van der Waals surface area (Å²) < 4.78 is 10.8. The summed E-state index contributed by atoms with van der Waals surface area (Å²) in [6.07, 6.45) is 7.51. The molecule has 6 heteroatoms. The van der Waals surface area contributed by atoms with Crippen LogP contribution in [-0.2, 0) is 20.9 Å². The number of hydrogen-bond donors (Lipinski definition) is 0. The Morgan fingerprint density at radius 3 is 2.72 bits per heavy atom. The minimum Gasteiger partial charge on any atom is -0.452 e. The monoisotopic (exact) mass is 394 g/mol. The predicted octanol–water partition coefficient (Wildman–Crippen LogP) is 4.04. The van der Waals surface area contributed by atoms with Crippen LogP contribution in [0.5, 0.6) is 0 Å². The van der Waals surface area contributed by atoms with Crippen molar-refractivity contribution in [2.75, 3.05) is 6.54 Å². The molecule has 0 saturated carbocycles. The first kappa shape index (κ1) is 19.4. The summed E-state index contributed by atoms with van der Waals surface area (Å²) in [6.45, 7) is 2.90. The summed E-state index contributed by atoms with van der Waals surface area (Å²) in [7, 11) is 0. The lowest BCUT2D eigenvalue weighted by molar-refractivity contribution is -0.153. The van der Waals surface area contributed by atoms with Gasteiger partial charge in [-0.2, -0.15) is 0 Å². The number of carbonyl (C=O) groups is 2. The van der Waals surface area contributed by atoms with Gasteiger partial charge in [0, 0.05) is 30.5 Å². The van der Waals surface area contributed by atoms with Gasteiger partial charge in [-0.1, -0.05) is 47.6 Å². The lowest BCUT2D eigenvalue weighted by atomic mass is 9.93. The van der Waals surface area contributed by atoms with Gasteiger partial charge in [0.25, 0.3) is 5.91 Å². The molecular formula is C23H26N2O4. The molecule has 1 aliphatic carbocycles. The van der Waals surface area contributed by atoms with Crippen molar-refractivity contribution < 1.29 is 18.8 Å². The largest absolute Gasteiger partial charge is 0.452 e. The number of aromatic nitrogens is 1. The first-order valence-corrected chi connectivity index (χ1v) is 10.3. The Morgan fingerprint density at radius 1 is 1.21 bits per heavy atom. The minimum atomic E-state index is -0.679. The highest BCUT2D eigenvalue weighted by atomic mass is 16.6. The Labute approximate surface area is 170 Å². The van der Waals surface area contributed by atoms with Crippen LogP contribution in [0.1, 0.15) is 43.4 Å². The third kappa shape index (κ3) is 4.42. The molecule has 152 valence electrons. The third-order valence-electron chi connectivity index (χ3n) is 5.71. The number of amides is 1. The minimum absolute atomic E-state index is 0.120. The van der Waals surface area contributed by atoms with E-state index in [2.05, 4.69) is 17.3 Å². The van der Waals surface area contributed by atoms with Gasteiger partial charge in [0.05, 0.1) is 6.54 Å². The number of benzene rings is 1. The zero-order chi connectivity index (χ0) is 20.2. The lowest BCUT2D eigenvalue weighted by Gasteiger charge is -2.30. The summed E-state index contributed by atoms with van der Waals surface area (Å²) in [5.41, 5.74) is 2.62. The molecule has 2 aromatic rings. The van der Waals surface area contributed by atoms with E-state index in [1.807, 2.05) is 42.2 Å². The molecule has 2 heterocycles. The smallest absolute Gasteiger partial charge is 0.306 e. The molecule has 29 heavy (non-hydrogen) atoms. The Morgan fingerprint density at radius 2 is 2.03 bits per heavy atom. The first-order valence-electron chi connectivity index (χ1n) is 10.3. The van der Waals surface area contributed by atoms with Crippen LogP contribution in [-0.4, -0.2) is 34.6 Å². The molecule has 6 nitrogen and oxygen atoms in total. The molecule has 0 radical (unpaired) electrons. The fourth-order valence-electron chi connectivity index (χ4n) is 4.06. The number of aryl methyl sites for hydroxylation is 1. The van der Waals surface area contributed by atoms with Gasteiger partial charge in [0.1, 0.15) is 11.5 Å². The van der Waals surface area contributed by atoms with Crippen LogP contribution in [0.15, 0.2) is 47.0 Å². The molecule has 4 rings (SSSR count). The van der Waals surface area contributed by atoms with Crippen LogP contribution in [0.3, 0.4) is 0 Å². The molecule has 0 spiro atoms. The normalized spacial score (nSPS) is 21.2.